The second kappa shape index (κ2) is 8.74. The predicted octanol–water partition coefficient (Wildman–Crippen LogP) is 6.96. The molecular weight excluding hydrogens is 465 g/mol. The van der Waals surface area contributed by atoms with Crippen molar-refractivity contribution in [2.45, 2.75) is 50.1 Å². The molecule has 32 heavy (non-hydrogen) atoms. The van der Waals surface area contributed by atoms with Crippen LogP contribution in [-0.4, -0.2) is 17.2 Å². The average molecular weight is 489 g/mol. The highest BCUT2D eigenvalue weighted by atomic mass is 35.5. The number of benzene rings is 2. The summed E-state index contributed by atoms with van der Waals surface area (Å²) in [7, 11) is 0. The predicted molar refractivity (Wildman–Crippen MR) is 132 cm³/mol. The number of amides is 1. The fourth-order valence-corrected chi connectivity index (χ4v) is 5.82. The van der Waals surface area contributed by atoms with Crippen molar-refractivity contribution < 1.29 is 4.79 Å². The van der Waals surface area contributed by atoms with E-state index in [0.717, 1.165) is 36.9 Å². The van der Waals surface area contributed by atoms with Crippen molar-refractivity contribution in [2.75, 3.05) is 5.01 Å². The van der Waals surface area contributed by atoms with Crippen molar-refractivity contribution in [1.82, 2.24) is 5.32 Å². The normalized spacial score (nSPS) is 26.7. The van der Waals surface area contributed by atoms with Crippen LogP contribution < -0.4 is 10.3 Å². The van der Waals surface area contributed by atoms with Gasteiger partial charge in [-0.1, -0.05) is 65.5 Å². The standard InChI is InChI=1S/C25H24Cl3N3O/c26-18-7-5-17(6-8-18)23-14-21(30-31(23)22-10-9-19(27)13-20(22)28)24(32)29-25-11-1-3-16(15-25)4-2-12-25/h1,3,5-10,13,16,23H,2,4,11-12,14-15H2,(H,29,32). The van der Waals surface area contributed by atoms with Gasteiger partial charge in [0.1, 0.15) is 5.71 Å². The topological polar surface area (TPSA) is 44.7 Å². The maximum absolute atomic E-state index is 13.4. The first-order valence-corrected chi connectivity index (χ1v) is 12.1. The van der Waals surface area contributed by atoms with Gasteiger partial charge in [0.05, 0.1) is 16.8 Å². The minimum Gasteiger partial charge on any atom is -0.345 e. The number of hydrogen-bond donors (Lipinski definition) is 1. The molecule has 3 atom stereocenters. The number of hydrazone groups is 1. The van der Waals surface area contributed by atoms with Crippen molar-refractivity contribution in [3.8, 4) is 0 Å². The van der Waals surface area contributed by atoms with Crippen LogP contribution >= 0.6 is 34.8 Å². The summed E-state index contributed by atoms with van der Waals surface area (Å²) < 4.78 is 0. The Kier molecular flexibility index (Phi) is 5.96. The Bertz CT molecular complexity index is 1100. The fraction of sp³-hybridized carbons (Fsp3) is 0.360. The summed E-state index contributed by atoms with van der Waals surface area (Å²) in [5.41, 5.74) is 2.10. The second-order valence-corrected chi connectivity index (χ2v) is 10.3. The maximum Gasteiger partial charge on any atom is 0.268 e. The van der Waals surface area contributed by atoms with Gasteiger partial charge >= 0.3 is 0 Å². The van der Waals surface area contributed by atoms with E-state index in [4.69, 9.17) is 39.9 Å². The molecule has 166 valence electrons. The third-order valence-electron chi connectivity index (χ3n) is 6.76. The van der Waals surface area contributed by atoms with Gasteiger partial charge in [0.2, 0.25) is 0 Å². The highest BCUT2D eigenvalue weighted by Gasteiger charge is 2.41. The van der Waals surface area contributed by atoms with Gasteiger partial charge in [-0.3, -0.25) is 9.80 Å². The number of nitrogens with zero attached hydrogens (tertiary/aromatic N) is 2. The first-order valence-electron chi connectivity index (χ1n) is 11.0. The molecule has 1 amide bonds. The monoisotopic (exact) mass is 487 g/mol. The summed E-state index contributed by atoms with van der Waals surface area (Å²) in [6.45, 7) is 0. The van der Waals surface area contributed by atoms with E-state index in [0.29, 0.717) is 33.1 Å². The summed E-state index contributed by atoms with van der Waals surface area (Å²) in [5.74, 6) is 0.474. The van der Waals surface area contributed by atoms with Gasteiger partial charge < -0.3 is 5.32 Å². The van der Waals surface area contributed by atoms with Crippen molar-refractivity contribution >= 4 is 52.1 Å². The molecule has 5 rings (SSSR count). The zero-order chi connectivity index (χ0) is 22.3. The smallest absolute Gasteiger partial charge is 0.268 e. The van der Waals surface area contributed by atoms with Crippen LogP contribution in [0.25, 0.3) is 0 Å². The number of nitrogens with one attached hydrogen (secondary N) is 1. The van der Waals surface area contributed by atoms with Crippen LogP contribution in [0.2, 0.25) is 15.1 Å². The molecule has 0 aromatic heterocycles. The van der Waals surface area contributed by atoms with Gasteiger partial charge in [-0.25, -0.2) is 0 Å². The van der Waals surface area contributed by atoms with Gasteiger partial charge in [-0.2, -0.15) is 5.10 Å². The van der Waals surface area contributed by atoms with Crippen molar-refractivity contribution in [3.05, 3.63) is 75.2 Å². The Morgan fingerprint density at radius 2 is 1.88 bits per heavy atom. The number of rotatable bonds is 4. The largest absolute Gasteiger partial charge is 0.345 e. The quantitative estimate of drug-likeness (QED) is 0.473. The van der Waals surface area contributed by atoms with E-state index in [1.807, 2.05) is 35.3 Å². The highest BCUT2D eigenvalue weighted by molar-refractivity contribution is 6.40. The van der Waals surface area contributed by atoms with Gasteiger partial charge in [-0.15, -0.1) is 0 Å². The van der Waals surface area contributed by atoms with Crippen molar-refractivity contribution in [3.63, 3.8) is 0 Å². The Morgan fingerprint density at radius 1 is 1.09 bits per heavy atom. The Hall–Kier alpha value is -2.01. The van der Waals surface area contributed by atoms with Gasteiger partial charge in [0.25, 0.3) is 5.91 Å². The molecule has 0 radical (unpaired) electrons. The maximum atomic E-state index is 13.4. The Labute approximate surface area is 203 Å². The van der Waals surface area contributed by atoms with Crippen molar-refractivity contribution in [1.29, 1.82) is 0 Å². The molecule has 7 heteroatoms. The van der Waals surface area contributed by atoms with E-state index in [1.165, 1.54) is 6.42 Å². The van der Waals surface area contributed by atoms with Crippen LogP contribution in [0.3, 0.4) is 0 Å². The van der Waals surface area contributed by atoms with Crippen molar-refractivity contribution in [2.24, 2.45) is 11.0 Å². The number of carbonyl (C=O) groups excluding carboxylic acids is 1. The molecule has 2 bridgehead atoms. The molecule has 1 saturated carbocycles. The summed E-state index contributed by atoms with van der Waals surface area (Å²) >= 11 is 18.7. The van der Waals surface area contributed by atoms with Crippen LogP contribution in [0, 0.1) is 5.92 Å². The number of carbonyl (C=O) groups is 1. The van der Waals surface area contributed by atoms with Gasteiger partial charge in [0, 0.05) is 22.0 Å². The molecule has 0 spiro atoms. The first-order chi connectivity index (χ1) is 15.4. The summed E-state index contributed by atoms with van der Waals surface area (Å²) in [4.78, 5) is 13.4. The van der Waals surface area contributed by atoms with E-state index in [9.17, 15) is 4.79 Å². The minimum absolute atomic E-state index is 0.0903. The average Bonchev–Trinajstić information content (AvgIpc) is 3.19. The number of halogens is 3. The van der Waals surface area contributed by atoms with E-state index in [1.54, 1.807) is 12.1 Å². The molecule has 4 nitrogen and oxygen atoms in total. The molecule has 3 aliphatic rings. The van der Waals surface area contributed by atoms with Crippen LogP contribution in [0.1, 0.15) is 50.1 Å². The first kappa shape index (κ1) is 21.8. The number of anilines is 1. The highest BCUT2D eigenvalue weighted by Crippen LogP contribution is 2.42. The van der Waals surface area contributed by atoms with Crippen LogP contribution in [-0.2, 0) is 4.79 Å². The zero-order valence-electron chi connectivity index (χ0n) is 17.5. The number of hydrogen-bond acceptors (Lipinski definition) is 3. The third kappa shape index (κ3) is 4.28. The second-order valence-electron chi connectivity index (χ2n) is 8.98. The van der Waals surface area contributed by atoms with E-state index in [-0.39, 0.29) is 17.5 Å². The fourth-order valence-electron chi connectivity index (χ4n) is 5.20. The molecule has 1 heterocycles. The molecular formula is C25H24Cl3N3O. The van der Waals surface area contributed by atoms with Crippen LogP contribution in [0.4, 0.5) is 5.69 Å². The van der Waals surface area contributed by atoms with Crippen LogP contribution in [0.15, 0.2) is 59.7 Å². The molecule has 1 N–H and O–H groups in total. The minimum atomic E-state index is -0.158. The Balaban J connectivity index is 1.45. The zero-order valence-corrected chi connectivity index (χ0v) is 19.8. The van der Waals surface area contributed by atoms with Gasteiger partial charge in [0.15, 0.2) is 0 Å². The molecule has 2 aliphatic carbocycles. The van der Waals surface area contributed by atoms with Crippen LogP contribution in [0.5, 0.6) is 0 Å². The lowest BCUT2D eigenvalue weighted by Gasteiger charge is -2.43. The lowest BCUT2D eigenvalue weighted by atomic mass is 9.70. The summed E-state index contributed by atoms with van der Waals surface area (Å²) in [6.07, 6.45) is 10.3. The van der Waals surface area contributed by atoms with E-state index in [2.05, 4.69) is 17.5 Å². The lowest BCUT2D eigenvalue weighted by molar-refractivity contribution is -0.117. The van der Waals surface area contributed by atoms with E-state index >= 15 is 0 Å². The van der Waals surface area contributed by atoms with E-state index < -0.39 is 0 Å². The molecule has 1 aliphatic heterocycles. The van der Waals surface area contributed by atoms with Gasteiger partial charge in [-0.05, 0) is 67.5 Å². The third-order valence-corrected chi connectivity index (χ3v) is 7.55. The molecule has 0 saturated heterocycles. The number of allylic oxidation sites excluding steroid dienone is 1. The number of fused-ring (bicyclic) bond motifs is 2. The molecule has 1 fully saturated rings. The Morgan fingerprint density at radius 3 is 2.66 bits per heavy atom. The summed E-state index contributed by atoms with van der Waals surface area (Å²) in [6, 6.07) is 12.8. The molecule has 2 aromatic carbocycles. The molecule has 3 unspecified atom stereocenters. The summed E-state index contributed by atoms with van der Waals surface area (Å²) in [5, 5.41) is 11.7. The lowest BCUT2D eigenvalue weighted by Crippen LogP contribution is -2.53. The molecule has 2 aromatic rings. The SMILES string of the molecule is O=C(NC12CC=CC(CCC1)C2)C1=NN(c2ccc(Cl)cc2Cl)C(c2ccc(Cl)cc2)C1.